The summed E-state index contributed by atoms with van der Waals surface area (Å²) in [6, 6.07) is 14.1. The molecule has 2 rings (SSSR count). The van der Waals surface area contributed by atoms with Crippen molar-refractivity contribution in [1.29, 1.82) is 0 Å². The summed E-state index contributed by atoms with van der Waals surface area (Å²) in [6.45, 7) is 0. The molecule has 0 saturated carbocycles. The summed E-state index contributed by atoms with van der Waals surface area (Å²) < 4.78 is 18.4. The lowest BCUT2D eigenvalue weighted by atomic mass is 10.0. The quantitative estimate of drug-likeness (QED) is 0.746. The number of benzene rings is 2. The van der Waals surface area contributed by atoms with E-state index in [4.69, 9.17) is 16.3 Å². The molecule has 18 heavy (non-hydrogen) atoms. The zero-order chi connectivity index (χ0) is 13.0. The second-order valence-corrected chi connectivity index (χ2v) is 4.57. The zero-order valence-electron chi connectivity index (χ0n) is 10.1. The van der Waals surface area contributed by atoms with Gasteiger partial charge in [0.25, 0.3) is 0 Å². The first kappa shape index (κ1) is 12.9. The monoisotopic (exact) mass is 264 g/mol. The Hall–Kier alpha value is -1.54. The van der Waals surface area contributed by atoms with Crippen LogP contribution in [0, 0.1) is 5.82 Å². The van der Waals surface area contributed by atoms with Crippen molar-refractivity contribution in [2.24, 2.45) is 0 Å². The van der Waals surface area contributed by atoms with Crippen LogP contribution < -0.4 is 4.74 Å². The number of hydrogen-bond acceptors (Lipinski definition) is 1. The van der Waals surface area contributed by atoms with E-state index in [0.29, 0.717) is 6.42 Å². The topological polar surface area (TPSA) is 9.23 Å². The summed E-state index contributed by atoms with van der Waals surface area (Å²) in [5, 5.41) is -0.267. The fourth-order valence-electron chi connectivity index (χ4n) is 1.88. The van der Waals surface area contributed by atoms with Crippen LogP contribution in [-0.2, 0) is 6.42 Å². The molecule has 0 amide bonds. The molecular formula is C15H14ClFO. The zero-order valence-corrected chi connectivity index (χ0v) is 10.8. The van der Waals surface area contributed by atoms with Crippen molar-refractivity contribution in [3.8, 4) is 5.75 Å². The average molecular weight is 265 g/mol. The minimum Gasteiger partial charge on any atom is -0.496 e. The largest absolute Gasteiger partial charge is 0.496 e. The minimum atomic E-state index is -0.267. The average Bonchev–Trinajstić information content (AvgIpc) is 2.39. The Kier molecular flexibility index (Phi) is 4.21. The number of alkyl halides is 1. The molecule has 94 valence electrons. The third kappa shape index (κ3) is 3.02. The van der Waals surface area contributed by atoms with Gasteiger partial charge < -0.3 is 4.74 Å². The van der Waals surface area contributed by atoms with Crippen molar-refractivity contribution >= 4 is 11.6 Å². The standard InChI is InChI=1S/C15H14ClFO/c1-18-15-8-3-2-5-12(15)10-14(16)11-6-4-7-13(17)9-11/h2-9,14H,10H2,1H3. The lowest BCUT2D eigenvalue weighted by molar-refractivity contribution is 0.409. The van der Waals surface area contributed by atoms with Crippen LogP contribution in [0.4, 0.5) is 4.39 Å². The molecule has 0 bridgehead atoms. The molecular weight excluding hydrogens is 251 g/mol. The maximum absolute atomic E-state index is 13.1. The molecule has 0 heterocycles. The van der Waals surface area contributed by atoms with Gasteiger partial charge >= 0.3 is 0 Å². The van der Waals surface area contributed by atoms with Crippen LogP contribution >= 0.6 is 11.6 Å². The van der Waals surface area contributed by atoms with E-state index in [-0.39, 0.29) is 11.2 Å². The number of ether oxygens (including phenoxy) is 1. The van der Waals surface area contributed by atoms with Gasteiger partial charge in [-0.25, -0.2) is 4.39 Å². The molecule has 2 aromatic rings. The van der Waals surface area contributed by atoms with Gasteiger partial charge in [-0.05, 0) is 35.7 Å². The van der Waals surface area contributed by atoms with E-state index < -0.39 is 0 Å². The van der Waals surface area contributed by atoms with Crippen LogP contribution in [0.15, 0.2) is 48.5 Å². The number of halogens is 2. The Morgan fingerprint density at radius 2 is 1.94 bits per heavy atom. The van der Waals surface area contributed by atoms with E-state index in [1.165, 1.54) is 12.1 Å². The number of para-hydroxylation sites is 1. The number of hydrogen-bond donors (Lipinski definition) is 0. The fourth-order valence-corrected chi connectivity index (χ4v) is 2.19. The Morgan fingerprint density at radius 3 is 2.67 bits per heavy atom. The Labute approximate surface area is 111 Å². The summed E-state index contributed by atoms with van der Waals surface area (Å²) in [6.07, 6.45) is 0.606. The van der Waals surface area contributed by atoms with Gasteiger partial charge in [-0.15, -0.1) is 11.6 Å². The molecule has 1 unspecified atom stereocenters. The first-order valence-electron chi connectivity index (χ1n) is 5.72. The van der Waals surface area contributed by atoms with Crippen molar-refractivity contribution in [3.63, 3.8) is 0 Å². The third-order valence-electron chi connectivity index (χ3n) is 2.80. The maximum atomic E-state index is 13.1. The molecule has 0 spiro atoms. The van der Waals surface area contributed by atoms with E-state index in [1.807, 2.05) is 30.3 Å². The van der Waals surface area contributed by atoms with Crippen molar-refractivity contribution in [1.82, 2.24) is 0 Å². The van der Waals surface area contributed by atoms with Gasteiger partial charge in [0.15, 0.2) is 0 Å². The predicted octanol–water partition coefficient (Wildman–Crippen LogP) is 4.36. The second-order valence-electron chi connectivity index (χ2n) is 4.04. The minimum absolute atomic E-state index is 0.266. The van der Waals surface area contributed by atoms with Gasteiger partial charge in [-0.2, -0.15) is 0 Å². The van der Waals surface area contributed by atoms with Gasteiger partial charge in [0.2, 0.25) is 0 Å². The second kappa shape index (κ2) is 5.87. The van der Waals surface area contributed by atoms with Crippen LogP contribution in [0.5, 0.6) is 5.75 Å². The highest BCUT2D eigenvalue weighted by molar-refractivity contribution is 6.20. The molecule has 0 aromatic heterocycles. The van der Waals surface area contributed by atoms with E-state index >= 15 is 0 Å². The molecule has 0 fully saturated rings. The van der Waals surface area contributed by atoms with Crippen LogP contribution in [0.25, 0.3) is 0 Å². The highest BCUT2D eigenvalue weighted by Gasteiger charge is 2.12. The molecule has 0 saturated heterocycles. The SMILES string of the molecule is COc1ccccc1CC(Cl)c1cccc(F)c1. The van der Waals surface area contributed by atoms with Gasteiger partial charge in [0.1, 0.15) is 11.6 Å². The lowest BCUT2D eigenvalue weighted by Gasteiger charge is -2.13. The normalized spacial score (nSPS) is 12.2. The van der Waals surface area contributed by atoms with Crippen molar-refractivity contribution in [2.45, 2.75) is 11.8 Å². The number of rotatable bonds is 4. The highest BCUT2D eigenvalue weighted by atomic mass is 35.5. The molecule has 1 atom stereocenters. The molecule has 1 nitrogen and oxygen atoms in total. The van der Waals surface area contributed by atoms with Crippen LogP contribution in [0.1, 0.15) is 16.5 Å². The fraction of sp³-hybridized carbons (Fsp3) is 0.200. The maximum Gasteiger partial charge on any atom is 0.123 e. The molecule has 0 radical (unpaired) electrons. The lowest BCUT2D eigenvalue weighted by Crippen LogP contribution is -1.99. The summed E-state index contributed by atoms with van der Waals surface area (Å²) in [5.41, 5.74) is 1.80. The summed E-state index contributed by atoms with van der Waals surface area (Å²) in [4.78, 5) is 0. The van der Waals surface area contributed by atoms with Crippen molar-refractivity contribution in [2.75, 3.05) is 7.11 Å². The van der Waals surface area contributed by atoms with Crippen LogP contribution in [-0.4, -0.2) is 7.11 Å². The Balaban J connectivity index is 2.18. The summed E-state index contributed by atoms with van der Waals surface area (Å²) in [7, 11) is 1.63. The predicted molar refractivity (Wildman–Crippen MR) is 71.7 cm³/mol. The molecule has 3 heteroatoms. The molecule has 0 aliphatic carbocycles. The first-order valence-corrected chi connectivity index (χ1v) is 6.16. The van der Waals surface area contributed by atoms with Crippen LogP contribution in [0.3, 0.4) is 0 Å². The van der Waals surface area contributed by atoms with Gasteiger partial charge in [-0.3, -0.25) is 0 Å². The van der Waals surface area contributed by atoms with Crippen molar-refractivity contribution in [3.05, 3.63) is 65.5 Å². The van der Waals surface area contributed by atoms with E-state index in [1.54, 1.807) is 13.2 Å². The Morgan fingerprint density at radius 1 is 1.17 bits per heavy atom. The van der Waals surface area contributed by atoms with Gasteiger partial charge in [-0.1, -0.05) is 30.3 Å². The highest BCUT2D eigenvalue weighted by Crippen LogP contribution is 2.29. The molecule has 0 N–H and O–H groups in total. The Bertz CT molecular complexity index is 527. The van der Waals surface area contributed by atoms with E-state index in [0.717, 1.165) is 16.9 Å². The van der Waals surface area contributed by atoms with E-state index in [9.17, 15) is 4.39 Å². The van der Waals surface area contributed by atoms with E-state index in [2.05, 4.69) is 0 Å². The van der Waals surface area contributed by atoms with Gasteiger partial charge in [0, 0.05) is 0 Å². The van der Waals surface area contributed by atoms with Gasteiger partial charge in [0.05, 0.1) is 12.5 Å². The first-order chi connectivity index (χ1) is 8.70. The van der Waals surface area contributed by atoms with Crippen LogP contribution in [0.2, 0.25) is 0 Å². The molecule has 0 aliphatic heterocycles. The smallest absolute Gasteiger partial charge is 0.123 e. The van der Waals surface area contributed by atoms with Crippen molar-refractivity contribution < 1.29 is 9.13 Å². The summed E-state index contributed by atoms with van der Waals surface area (Å²) in [5.74, 6) is 0.540. The molecule has 0 aliphatic rings. The molecule has 2 aromatic carbocycles. The third-order valence-corrected chi connectivity index (χ3v) is 3.21. The summed E-state index contributed by atoms with van der Waals surface area (Å²) >= 11 is 6.32. The number of methoxy groups -OCH3 is 1.